The van der Waals surface area contributed by atoms with E-state index in [0.29, 0.717) is 12.5 Å². The number of amides is 1. The fraction of sp³-hybridized carbons (Fsp3) is 0.846. The van der Waals surface area contributed by atoms with E-state index in [1.165, 1.54) is 14.0 Å². The zero-order valence-corrected chi connectivity index (χ0v) is 12.0. The third-order valence-corrected chi connectivity index (χ3v) is 3.27. The Bertz CT molecular complexity index is 303. The zero-order valence-electron chi connectivity index (χ0n) is 12.0. The minimum Gasteiger partial charge on any atom is -0.467 e. The lowest BCUT2D eigenvalue weighted by Gasteiger charge is -2.29. The van der Waals surface area contributed by atoms with Crippen molar-refractivity contribution >= 4 is 11.9 Å². The molecule has 1 saturated heterocycles. The Balaban J connectivity index is 2.42. The van der Waals surface area contributed by atoms with Gasteiger partial charge >= 0.3 is 5.97 Å². The van der Waals surface area contributed by atoms with Crippen LogP contribution in [0.5, 0.6) is 0 Å². The number of hydrogen-bond donors (Lipinski definition) is 1. The molecule has 0 bridgehead atoms. The molecule has 0 aromatic carbocycles. The number of esters is 1. The Hall–Kier alpha value is -1.14. The fourth-order valence-corrected chi connectivity index (χ4v) is 2.32. The van der Waals surface area contributed by atoms with Crippen LogP contribution in [0.3, 0.4) is 0 Å². The number of rotatable bonds is 6. The summed E-state index contributed by atoms with van der Waals surface area (Å²) in [6.45, 7) is 4.38. The van der Waals surface area contributed by atoms with Gasteiger partial charge in [0.15, 0.2) is 0 Å². The summed E-state index contributed by atoms with van der Waals surface area (Å²) in [4.78, 5) is 24.7. The standard InChI is InChI=1S/C13H24N2O4/c1-10(16)14-12(13(17)18-3)9-15(2)8-11-4-6-19-7-5-11/h11-12H,4-9H2,1-3H3,(H,14,16). The summed E-state index contributed by atoms with van der Waals surface area (Å²) >= 11 is 0. The van der Waals surface area contributed by atoms with Crippen molar-refractivity contribution in [2.75, 3.05) is 40.5 Å². The van der Waals surface area contributed by atoms with Gasteiger partial charge in [-0.2, -0.15) is 0 Å². The van der Waals surface area contributed by atoms with E-state index in [9.17, 15) is 9.59 Å². The second-order valence-corrected chi connectivity index (χ2v) is 5.05. The summed E-state index contributed by atoms with van der Waals surface area (Å²) in [5, 5.41) is 2.62. The van der Waals surface area contributed by atoms with Crippen molar-refractivity contribution in [1.29, 1.82) is 0 Å². The zero-order chi connectivity index (χ0) is 14.3. The van der Waals surface area contributed by atoms with E-state index in [-0.39, 0.29) is 5.91 Å². The number of nitrogens with one attached hydrogen (secondary N) is 1. The van der Waals surface area contributed by atoms with Crippen molar-refractivity contribution in [1.82, 2.24) is 10.2 Å². The van der Waals surface area contributed by atoms with Crippen LogP contribution in [0.1, 0.15) is 19.8 Å². The maximum atomic E-state index is 11.6. The van der Waals surface area contributed by atoms with Crippen LogP contribution in [0.25, 0.3) is 0 Å². The highest BCUT2D eigenvalue weighted by Gasteiger charge is 2.23. The molecule has 1 aliphatic heterocycles. The van der Waals surface area contributed by atoms with Crippen LogP contribution in [0, 0.1) is 5.92 Å². The predicted molar refractivity (Wildman–Crippen MR) is 70.7 cm³/mol. The minimum atomic E-state index is -0.604. The quantitative estimate of drug-likeness (QED) is 0.691. The summed E-state index contributed by atoms with van der Waals surface area (Å²) in [5.74, 6) is -0.0433. The third kappa shape index (κ3) is 6.02. The SMILES string of the molecule is COC(=O)C(CN(C)CC1CCOCC1)NC(C)=O. The summed E-state index contributed by atoms with van der Waals surface area (Å²) in [6, 6.07) is -0.604. The average molecular weight is 272 g/mol. The molecule has 1 atom stereocenters. The molecule has 19 heavy (non-hydrogen) atoms. The fourth-order valence-electron chi connectivity index (χ4n) is 2.32. The highest BCUT2D eigenvalue weighted by Crippen LogP contribution is 2.15. The van der Waals surface area contributed by atoms with Crippen LogP contribution in [0.4, 0.5) is 0 Å². The number of carbonyl (C=O) groups excluding carboxylic acids is 2. The normalized spacial score (nSPS) is 18.1. The topological polar surface area (TPSA) is 67.9 Å². The van der Waals surface area contributed by atoms with Gasteiger partial charge in [-0.1, -0.05) is 0 Å². The first-order chi connectivity index (χ1) is 9.02. The number of ether oxygens (including phenoxy) is 2. The van der Waals surface area contributed by atoms with E-state index in [2.05, 4.69) is 10.2 Å². The summed E-state index contributed by atoms with van der Waals surface area (Å²) in [5.41, 5.74) is 0. The Morgan fingerprint density at radius 3 is 2.58 bits per heavy atom. The molecule has 1 rings (SSSR count). The molecule has 1 unspecified atom stereocenters. The first-order valence-electron chi connectivity index (χ1n) is 6.64. The molecule has 1 fully saturated rings. The molecular weight excluding hydrogens is 248 g/mol. The molecule has 0 saturated carbocycles. The average Bonchev–Trinajstić information content (AvgIpc) is 2.37. The number of methoxy groups -OCH3 is 1. The van der Waals surface area contributed by atoms with Gasteiger partial charge in [0.2, 0.25) is 5.91 Å². The van der Waals surface area contributed by atoms with Gasteiger partial charge < -0.3 is 19.7 Å². The van der Waals surface area contributed by atoms with Gasteiger partial charge in [0, 0.05) is 33.2 Å². The molecule has 0 radical (unpaired) electrons. The first kappa shape index (κ1) is 15.9. The number of likely N-dealkylation sites (N-methyl/N-ethyl adjacent to an activating group) is 1. The molecule has 1 heterocycles. The van der Waals surface area contributed by atoms with Gasteiger partial charge in [0.1, 0.15) is 6.04 Å². The third-order valence-electron chi connectivity index (χ3n) is 3.27. The molecule has 1 aliphatic rings. The van der Waals surface area contributed by atoms with Crippen molar-refractivity contribution in [3.05, 3.63) is 0 Å². The largest absolute Gasteiger partial charge is 0.467 e. The van der Waals surface area contributed by atoms with Crippen LogP contribution in [-0.2, 0) is 19.1 Å². The monoisotopic (exact) mass is 272 g/mol. The van der Waals surface area contributed by atoms with E-state index in [1.54, 1.807) is 0 Å². The second-order valence-electron chi connectivity index (χ2n) is 5.05. The molecule has 110 valence electrons. The van der Waals surface area contributed by atoms with Crippen LogP contribution in [0.2, 0.25) is 0 Å². The highest BCUT2D eigenvalue weighted by atomic mass is 16.5. The molecule has 0 spiro atoms. The molecular formula is C13H24N2O4. The molecule has 1 amide bonds. The molecule has 1 N–H and O–H groups in total. The Morgan fingerprint density at radius 2 is 2.05 bits per heavy atom. The van der Waals surface area contributed by atoms with E-state index >= 15 is 0 Å². The van der Waals surface area contributed by atoms with Crippen molar-refractivity contribution in [2.24, 2.45) is 5.92 Å². The first-order valence-corrected chi connectivity index (χ1v) is 6.64. The number of carbonyl (C=O) groups is 2. The molecule has 6 heteroatoms. The molecule has 6 nitrogen and oxygen atoms in total. The van der Waals surface area contributed by atoms with Crippen molar-refractivity contribution < 1.29 is 19.1 Å². The van der Waals surface area contributed by atoms with Crippen molar-refractivity contribution in [3.63, 3.8) is 0 Å². The number of nitrogens with zero attached hydrogens (tertiary/aromatic N) is 1. The van der Waals surface area contributed by atoms with Crippen LogP contribution in [-0.4, -0.2) is 63.3 Å². The van der Waals surface area contributed by atoms with E-state index in [0.717, 1.165) is 32.6 Å². The van der Waals surface area contributed by atoms with Gasteiger partial charge in [-0.3, -0.25) is 4.79 Å². The van der Waals surface area contributed by atoms with Gasteiger partial charge in [0.05, 0.1) is 7.11 Å². The van der Waals surface area contributed by atoms with Gasteiger partial charge in [0.25, 0.3) is 0 Å². The Labute approximate surface area is 114 Å². The highest BCUT2D eigenvalue weighted by molar-refractivity contribution is 5.83. The van der Waals surface area contributed by atoms with Crippen LogP contribution in [0.15, 0.2) is 0 Å². The maximum absolute atomic E-state index is 11.6. The van der Waals surface area contributed by atoms with E-state index in [1.807, 2.05) is 7.05 Å². The maximum Gasteiger partial charge on any atom is 0.329 e. The van der Waals surface area contributed by atoms with Gasteiger partial charge in [-0.15, -0.1) is 0 Å². The van der Waals surface area contributed by atoms with Gasteiger partial charge in [-0.25, -0.2) is 4.79 Å². The van der Waals surface area contributed by atoms with E-state index in [4.69, 9.17) is 9.47 Å². The minimum absolute atomic E-state index is 0.227. The summed E-state index contributed by atoms with van der Waals surface area (Å²) < 4.78 is 10.0. The second kappa shape index (κ2) is 8.12. The molecule has 0 aromatic heterocycles. The van der Waals surface area contributed by atoms with E-state index < -0.39 is 12.0 Å². The lowest BCUT2D eigenvalue weighted by atomic mass is 10.00. The lowest BCUT2D eigenvalue weighted by Crippen LogP contribution is -2.48. The molecule has 0 aliphatic carbocycles. The van der Waals surface area contributed by atoms with Gasteiger partial charge in [-0.05, 0) is 25.8 Å². The smallest absolute Gasteiger partial charge is 0.329 e. The van der Waals surface area contributed by atoms with Crippen molar-refractivity contribution in [3.8, 4) is 0 Å². The predicted octanol–water partition coefficient (Wildman–Crippen LogP) is 0.0225. The summed E-state index contributed by atoms with van der Waals surface area (Å²) in [6.07, 6.45) is 2.10. The Kier molecular flexibility index (Phi) is 6.80. The lowest BCUT2D eigenvalue weighted by molar-refractivity contribution is -0.145. The molecule has 0 aromatic rings. The van der Waals surface area contributed by atoms with Crippen molar-refractivity contribution in [2.45, 2.75) is 25.8 Å². The summed E-state index contributed by atoms with van der Waals surface area (Å²) in [7, 11) is 3.28. The van der Waals surface area contributed by atoms with Crippen LogP contribution >= 0.6 is 0 Å². The number of hydrogen-bond acceptors (Lipinski definition) is 5. The van der Waals surface area contributed by atoms with Crippen LogP contribution < -0.4 is 5.32 Å². The Morgan fingerprint density at radius 1 is 1.42 bits per heavy atom.